The molecular weight excluding hydrogens is 452 g/mol. The molecule has 1 amide bonds. The normalized spacial score (nSPS) is 14.7. The fourth-order valence-corrected chi connectivity index (χ4v) is 5.62. The van der Waals surface area contributed by atoms with E-state index in [2.05, 4.69) is 46.1 Å². The van der Waals surface area contributed by atoms with Gasteiger partial charge in [-0.1, -0.05) is 79.4 Å². The van der Waals surface area contributed by atoms with Crippen molar-refractivity contribution >= 4 is 28.8 Å². The van der Waals surface area contributed by atoms with Crippen molar-refractivity contribution < 1.29 is 4.79 Å². The number of rotatable bonds is 7. The monoisotopic (exact) mass is 484 g/mol. The number of carbonyl (C=O) groups excluding carboxylic acids is 1. The third-order valence-corrected chi connectivity index (χ3v) is 7.75. The molecule has 1 saturated carbocycles. The average Bonchev–Trinajstić information content (AvgIpc) is 3.02. The topological polar surface area (TPSA) is 59.8 Å². The number of carbonyl (C=O) groups is 1. The number of thioether (sulfide) groups is 1. The molecule has 1 N–H and O–H groups in total. The summed E-state index contributed by atoms with van der Waals surface area (Å²) >= 11 is 1.73. The van der Waals surface area contributed by atoms with Gasteiger partial charge in [0, 0.05) is 23.6 Å². The maximum Gasteiger partial charge on any atom is 0.251 e. The lowest BCUT2D eigenvalue weighted by Gasteiger charge is -2.16. The number of imidazole rings is 1. The summed E-state index contributed by atoms with van der Waals surface area (Å²) in [5.41, 5.74) is 6.17. The fourth-order valence-electron chi connectivity index (χ4n) is 4.66. The highest BCUT2D eigenvalue weighted by Gasteiger charge is 2.17. The zero-order valence-electron chi connectivity index (χ0n) is 20.2. The highest BCUT2D eigenvalue weighted by molar-refractivity contribution is 7.98. The Bertz CT molecular complexity index is 1270. The van der Waals surface area contributed by atoms with Gasteiger partial charge in [-0.3, -0.25) is 9.36 Å². The first-order chi connectivity index (χ1) is 17.2. The van der Waals surface area contributed by atoms with E-state index in [0.717, 1.165) is 46.0 Å². The second-order valence-electron chi connectivity index (χ2n) is 9.46. The predicted molar refractivity (Wildman–Crippen MR) is 143 cm³/mol. The van der Waals surface area contributed by atoms with E-state index in [1.165, 1.54) is 36.8 Å². The second-order valence-corrected chi connectivity index (χ2v) is 10.4. The van der Waals surface area contributed by atoms with Gasteiger partial charge in [0.05, 0.1) is 6.54 Å². The van der Waals surface area contributed by atoms with Crippen LogP contribution in [0.2, 0.25) is 0 Å². The lowest BCUT2D eigenvalue weighted by molar-refractivity contribution is 0.0933. The minimum atomic E-state index is 0.0348. The second kappa shape index (κ2) is 11.1. The van der Waals surface area contributed by atoms with Crippen LogP contribution < -0.4 is 5.32 Å². The maximum absolute atomic E-state index is 12.8. The van der Waals surface area contributed by atoms with Crippen molar-refractivity contribution in [2.75, 3.05) is 0 Å². The van der Waals surface area contributed by atoms with Gasteiger partial charge in [-0.2, -0.15) is 0 Å². The van der Waals surface area contributed by atoms with E-state index in [9.17, 15) is 4.79 Å². The first-order valence-electron chi connectivity index (χ1n) is 12.5. The standard InChI is InChI=1S/C29H32N4OS/c1-21-10-12-23(13-11-21)20-35-29-32-26-9-6-18-30-27(26)33(29)19-22-14-16-24(17-15-22)28(34)31-25-7-4-2-3-5-8-25/h6,9-18,25H,2-5,7-8,19-20H2,1H3,(H,31,34). The molecule has 4 aromatic rings. The predicted octanol–water partition coefficient (Wildman–Crippen LogP) is 6.53. The van der Waals surface area contributed by atoms with Crippen molar-refractivity contribution in [2.24, 2.45) is 0 Å². The Hall–Kier alpha value is -3.12. The van der Waals surface area contributed by atoms with Crippen LogP contribution in [0.4, 0.5) is 0 Å². The largest absolute Gasteiger partial charge is 0.349 e. The van der Waals surface area contributed by atoms with Crippen LogP contribution in [-0.4, -0.2) is 26.5 Å². The summed E-state index contributed by atoms with van der Waals surface area (Å²) in [7, 11) is 0. The molecule has 6 heteroatoms. The molecular formula is C29H32N4OS. The van der Waals surface area contributed by atoms with Crippen LogP contribution in [0.1, 0.15) is 65.6 Å². The Morgan fingerprint density at radius 1 is 0.971 bits per heavy atom. The summed E-state index contributed by atoms with van der Waals surface area (Å²) in [4.78, 5) is 22.2. The van der Waals surface area contributed by atoms with E-state index in [4.69, 9.17) is 4.98 Å². The molecule has 0 spiro atoms. The summed E-state index contributed by atoms with van der Waals surface area (Å²) in [6, 6.07) is 20.9. The van der Waals surface area contributed by atoms with Gasteiger partial charge in [-0.05, 0) is 55.2 Å². The molecule has 2 heterocycles. The van der Waals surface area contributed by atoms with Crippen molar-refractivity contribution in [2.45, 2.75) is 68.9 Å². The van der Waals surface area contributed by atoms with Crippen LogP contribution in [0.15, 0.2) is 72.0 Å². The minimum absolute atomic E-state index is 0.0348. The number of pyridine rings is 1. The van der Waals surface area contributed by atoms with E-state index in [-0.39, 0.29) is 5.91 Å². The van der Waals surface area contributed by atoms with Gasteiger partial charge in [0.1, 0.15) is 5.52 Å². The van der Waals surface area contributed by atoms with E-state index < -0.39 is 0 Å². The molecule has 0 aliphatic heterocycles. The summed E-state index contributed by atoms with van der Waals surface area (Å²) < 4.78 is 2.18. The number of nitrogens with zero attached hydrogens (tertiary/aromatic N) is 3. The minimum Gasteiger partial charge on any atom is -0.349 e. The van der Waals surface area contributed by atoms with Crippen LogP contribution >= 0.6 is 11.8 Å². The quantitative estimate of drug-likeness (QED) is 0.239. The summed E-state index contributed by atoms with van der Waals surface area (Å²) in [6.07, 6.45) is 8.98. The van der Waals surface area contributed by atoms with Gasteiger partial charge >= 0.3 is 0 Å². The fraction of sp³-hybridized carbons (Fsp3) is 0.345. The van der Waals surface area contributed by atoms with Crippen molar-refractivity contribution in [3.63, 3.8) is 0 Å². The molecule has 0 unspecified atom stereocenters. The van der Waals surface area contributed by atoms with Gasteiger partial charge < -0.3 is 5.32 Å². The Balaban J connectivity index is 1.30. The van der Waals surface area contributed by atoms with Gasteiger partial charge in [0.2, 0.25) is 0 Å². The highest BCUT2D eigenvalue weighted by atomic mass is 32.2. The van der Waals surface area contributed by atoms with E-state index >= 15 is 0 Å². The van der Waals surface area contributed by atoms with Crippen molar-refractivity contribution in [1.82, 2.24) is 19.9 Å². The molecule has 35 heavy (non-hydrogen) atoms. The Kier molecular flexibility index (Phi) is 7.48. The SMILES string of the molecule is Cc1ccc(CSc2nc3cccnc3n2Cc2ccc(C(=O)NC3CCCCCC3)cc2)cc1. The van der Waals surface area contributed by atoms with Gasteiger partial charge in [-0.15, -0.1) is 0 Å². The molecule has 0 atom stereocenters. The van der Waals surface area contributed by atoms with Gasteiger partial charge in [0.25, 0.3) is 5.91 Å². The molecule has 2 aromatic heterocycles. The molecule has 2 aromatic carbocycles. The number of hydrogen-bond donors (Lipinski definition) is 1. The van der Waals surface area contributed by atoms with E-state index in [0.29, 0.717) is 12.6 Å². The number of fused-ring (bicyclic) bond motifs is 1. The molecule has 0 radical (unpaired) electrons. The van der Waals surface area contributed by atoms with E-state index in [1.54, 1.807) is 11.8 Å². The zero-order valence-corrected chi connectivity index (χ0v) is 21.1. The van der Waals surface area contributed by atoms with Gasteiger partial charge in [0.15, 0.2) is 10.8 Å². The number of hydrogen-bond acceptors (Lipinski definition) is 4. The van der Waals surface area contributed by atoms with E-state index in [1.807, 2.05) is 42.6 Å². The summed E-state index contributed by atoms with van der Waals surface area (Å²) in [5.74, 6) is 0.886. The number of amides is 1. The highest BCUT2D eigenvalue weighted by Crippen LogP contribution is 2.27. The van der Waals surface area contributed by atoms with Crippen LogP contribution in [0.25, 0.3) is 11.2 Å². The molecule has 1 aliphatic carbocycles. The average molecular weight is 485 g/mol. The molecule has 5 nitrogen and oxygen atoms in total. The summed E-state index contributed by atoms with van der Waals surface area (Å²) in [6.45, 7) is 2.77. The van der Waals surface area contributed by atoms with Crippen molar-refractivity contribution in [1.29, 1.82) is 0 Å². The van der Waals surface area contributed by atoms with Crippen molar-refractivity contribution in [3.8, 4) is 0 Å². The summed E-state index contributed by atoms with van der Waals surface area (Å²) in [5, 5.41) is 4.19. The third kappa shape index (κ3) is 5.93. The number of nitrogens with one attached hydrogen (secondary N) is 1. The number of benzene rings is 2. The van der Waals surface area contributed by atoms with Gasteiger partial charge in [-0.25, -0.2) is 9.97 Å². The molecule has 1 fully saturated rings. The molecule has 5 rings (SSSR count). The first kappa shape index (κ1) is 23.6. The molecule has 0 bridgehead atoms. The van der Waals surface area contributed by atoms with Crippen LogP contribution in [0, 0.1) is 6.92 Å². The Morgan fingerprint density at radius 3 is 2.43 bits per heavy atom. The zero-order chi connectivity index (χ0) is 24.0. The maximum atomic E-state index is 12.8. The Morgan fingerprint density at radius 2 is 1.69 bits per heavy atom. The third-order valence-electron chi connectivity index (χ3n) is 6.70. The molecule has 1 aliphatic rings. The molecule has 180 valence electrons. The number of aromatic nitrogens is 3. The number of aryl methyl sites for hydroxylation is 1. The van der Waals surface area contributed by atoms with Crippen LogP contribution in [-0.2, 0) is 12.3 Å². The lowest BCUT2D eigenvalue weighted by atomic mass is 10.1. The lowest BCUT2D eigenvalue weighted by Crippen LogP contribution is -2.34. The Labute approximate surface area is 211 Å². The first-order valence-corrected chi connectivity index (χ1v) is 13.5. The van der Waals surface area contributed by atoms with Crippen LogP contribution in [0.5, 0.6) is 0 Å². The van der Waals surface area contributed by atoms with Crippen molar-refractivity contribution in [3.05, 3.63) is 89.1 Å². The molecule has 0 saturated heterocycles. The smallest absolute Gasteiger partial charge is 0.251 e. The van der Waals surface area contributed by atoms with Crippen LogP contribution in [0.3, 0.4) is 0 Å².